The van der Waals surface area contributed by atoms with E-state index in [2.05, 4.69) is 39.6 Å². The molecule has 0 bridgehead atoms. The highest BCUT2D eigenvalue weighted by Crippen LogP contribution is 2.39. The van der Waals surface area contributed by atoms with Crippen molar-refractivity contribution in [1.82, 2.24) is 20.2 Å². The first kappa shape index (κ1) is 23.9. The Morgan fingerprint density at radius 1 is 1.14 bits per heavy atom. The zero-order valence-corrected chi connectivity index (χ0v) is 21.2. The first-order valence-corrected chi connectivity index (χ1v) is 12.7. The zero-order chi connectivity index (χ0) is 24.2. The molecule has 35 heavy (non-hydrogen) atoms. The van der Waals surface area contributed by atoms with Gasteiger partial charge in [0.05, 0.1) is 24.1 Å². The third kappa shape index (κ3) is 5.73. The predicted molar refractivity (Wildman–Crippen MR) is 143 cm³/mol. The van der Waals surface area contributed by atoms with E-state index in [1.165, 1.54) is 0 Å². The third-order valence-electron chi connectivity index (χ3n) is 6.19. The third-order valence-corrected chi connectivity index (χ3v) is 6.93. The number of benzene rings is 1. The lowest BCUT2D eigenvalue weighted by molar-refractivity contribution is -0.116. The Bertz CT molecular complexity index is 1220. The fourth-order valence-corrected chi connectivity index (χ4v) is 4.84. The van der Waals surface area contributed by atoms with Crippen molar-refractivity contribution in [1.29, 1.82) is 0 Å². The highest BCUT2D eigenvalue weighted by Gasteiger charge is 2.22. The summed E-state index contributed by atoms with van der Waals surface area (Å²) in [6.07, 6.45) is 3.91. The van der Waals surface area contributed by atoms with Crippen molar-refractivity contribution in [3.8, 4) is 17.0 Å². The Hall–Kier alpha value is -2.77. The maximum absolute atomic E-state index is 12.6. The molecular weight excluding hydrogens is 483 g/mol. The second-order valence-electron chi connectivity index (χ2n) is 8.56. The smallest absolute Gasteiger partial charge is 0.226 e. The van der Waals surface area contributed by atoms with E-state index in [0.29, 0.717) is 36.2 Å². The van der Waals surface area contributed by atoms with Crippen LogP contribution < -0.4 is 25.6 Å². The topological polar surface area (TPSA) is 82.6 Å². The zero-order valence-electron chi connectivity index (χ0n) is 19.3. The minimum atomic E-state index is -0.0315. The summed E-state index contributed by atoms with van der Waals surface area (Å²) in [6.45, 7) is 5.84. The van der Waals surface area contributed by atoms with Gasteiger partial charge in [-0.1, -0.05) is 17.7 Å². The van der Waals surface area contributed by atoms with E-state index in [1.807, 2.05) is 36.4 Å². The number of halogens is 1. The highest BCUT2D eigenvalue weighted by atomic mass is 35.5. The summed E-state index contributed by atoms with van der Waals surface area (Å²) in [5.74, 6) is 1.22. The van der Waals surface area contributed by atoms with E-state index < -0.39 is 0 Å². The number of nitrogens with one attached hydrogen (secondary N) is 2. The fraction of sp³-hybridized carbons (Fsp3) is 0.320. The van der Waals surface area contributed by atoms with Crippen molar-refractivity contribution < 1.29 is 9.53 Å². The number of hydrogen-bond acceptors (Lipinski definition) is 7. The van der Waals surface area contributed by atoms with Gasteiger partial charge >= 0.3 is 0 Å². The van der Waals surface area contributed by atoms with Crippen LogP contribution in [0, 0.1) is 0 Å². The molecule has 2 aliphatic heterocycles. The number of amides is 1. The average Bonchev–Trinajstić information content (AvgIpc) is 2.89. The normalized spacial score (nSPS) is 15.9. The number of hydrogen-bond donors (Lipinski definition) is 2. The van der Waals surface area contributed by atoms with Gasteiger partial charge in [0.2, 0.25) is 5.91 Å². The van der Waals surface area contributed by atoms with E-state index >= 15 is 0 Å². The van der Waals surface area contributed by atoms with Crippen LogP contribution in [0.3, 0.4) is 0 Å². The summed E-state index contributed by atoms with van der Waals surface area (Å²) >= 11 is 6.24. The molecule has 4 heterocycles. The molecule has 2 aliphatic rings. The van der Waals surface area contributed by atoms with Gasteiger partial charge in [-0.05, 0) is 29.6 Å². The van der Waals surface area contributed by atoms with Crippen molar-refractivity contribution in [2.75, 3.05) is 56.1 Å². The Morgan fingerprint density at radius 3 is 2.86 bits per heavy atom. The second kappa shape index (κ2) is 10.9. The molecule has 8 nitrogen and oxygen atoms in total. The minimum absolute atomic E-state index is 0.0315. The number of fused-ring (bicyclic) bond motifs is 1. The van der Waals surface area contributed by atoms with Crippen LogP contribution in [0.25, 0.3) is 11.3 Å². The Morgan fingerprint density at radius 2 is 2.00 bits per heavy atom. The maximum atomic E-state index is 12.6. The molecule has 1 atom stereocenters. The van der Waals surface area contributed by atoms with Crippen LogP contribution in [0.1, 0.15) is 6.42 Å². The summed E-state index contributed by atoms with van der Waals surface area (Å²) in [4.78, 5) is 26.0. The average molecular weight is 511 g/mol. The molecule has 1 saturated heterocycles. The molecule has 1 aromatic carbocycles. The summed E-state index contributed by atoms with van der Waals surface area (Å²) in [7, 11) is 2.73. The SMILES string of the molecule is O=C(CCN1CCNCC1)Nc1cc(N2CCOc3cnc(-c4cc(Cl)ccc4P)cc32)ccn1. The summed E-state index contributed by atoms with van der Waals surface area (Å²) in [5, 5.41) is 7.96. The lowest BCUT2D eigenvalue weighted by atomic mass is 10.1. The maximum Gasteiger partial charge on any atom is 0.226 e. The number of aromatic nitrogens is 2. The van der Waals surface area contributed by atoms with Crippen molar-refractivity contribution in [2.24, 2.45) is 0 Å². The van der Waals surface area contributed by atoms with Gasteiger partial charge in [-0.2, -0.15) is 0 Å². The van der Waals surface area contributed by atoms with Crippen LogP contribution in [0.5, 0.6) is 5.75 Å². The summed E-state index contributed by atoms with van der Waals surface area (Å²) in [5.41, 5.74) is 3.59. The van der Waals surface area contributed by atoms with Crippen LogP contribution in [-0.2, 0) is 4.79 Å². The number of piperazine rings is 1. The minimum Gasteiger partial charge on any atom is -0.488 e. The number of anilines is 3. The van der Waals surface area contributed by atoms with Crippen molar-refractivity contribution in [3.63, 3.8) is 0 Å². The molecule has 1 fully saturated rings. The van der Waals surface area contributed by atoms with Gasteiger partial charge in [0, 0.05) is 67.7 Å². The highest BCUT2D eigenvalue weighted by molar-refractivity contribution is 7.28. The standard InChI is InChI=1S/C25H28ClN6O2P/c26-17-1-2-23(35)19(13-17)20-15-21-22(16-29-20)34-12-11-32(21)18-3-5-28-24(14-18)30-25(33)4-8-31-9-6-27-7-10-31/h1-3,5,13-16,27H,4,6-12,35H2,(H,28,30,33). The van der Waals surface area contributed by atoms with Crippen molar-refractivity contribution in [2.45, 2.75) is 6.42 Å². The van der Waals surface area contributed by atoms with E-state index in [1.54, 1.807) is 12.4 Å². The van der Waals surface area contributed by atoms with Crippen molar-refractivity contribution >= 4 is 49.2 Å². The number of rotatable bonds is 6. The Kier molecular flexibility index (Phi) is 7.44. The second-order valence-corrected chi connectivity index (χ2v) is 9.62. The molecule has 0 aliphatic carbocycles. The van der Waals surface area contributed by atoms with Crippen LogP contribution in [0.2, 0.25) is 5.02 Å². The van der Waals surface area contributed by atoms with Gasteiger partial charge in [-0.3, -0.25) is 9.78 Å². The molecule has 2 N–H and O–H groups in total. The molecule has 0 saturated carbocycles. The lowest BCUT2D eigenvalue weighted by Gasteiger charge is -2.31. The molecule has 3 aromatic rings. The molecule has 182 valence electrons. The quantitative estimate of drug-likeness (QED) is 0.493. The van der Waals surface area contributed by atoms with Gasteiger partial charge in [-0.15, -0.1) is 9.24 Å². The molecule has 1 amide bonds. The number of pyridine rings is 2. The van der Waals surface area contributed by atoms with Gasteiger partial charge in [0.25, 0.3) is 0 Å². The van der Waals surface area contributed by atoms with Crippen LogP contribution in [0.15, 0.2) is 48.8 Å². The van der Waals surface area contributed by atoms with Crippen LogP contribution >= 0.6 is 20.8 Å². The number of ether oxygens (including phenoxy) is 1. The molecule has 2 aromatic heterocycles. The molecule has 0 radical (unpaired) electrons. The number of carbonyl (C=O) groups excluding carboxylic acids is 1. The molecule has 1 unspecified atom stereocenters. The van der Waals surface area contributed by atoms with Crippen LogP contribution in [0.4, 0.5) is 17.2 Å². The van der Waals surface area contributed by atoms with E-state index in [-0.39, 0.29) is 5.91 Å². The first-order chi connectivity index (χ1) is 17.1. The van der Waals surface area contributed by atoms with Gasteiger partial charge in [-0.25, -0.2) is 4.98 Å². The first-order valence-electron chi connectivity index (χ1n) is 11.7. The van der Waals surface area contributed by atoms with Gasteiger partial charge in [0.1, 0.15) is 12.4 Å². The molecular formula is C25H28ClN6O2P. The summed E-state index contributed by atoms with van der Waals surface area (Å²) < 4.78 is 5.87. The van der Waals surface area contributed by atoms with E-state index in [0.717, 1.165) is 60.7 Å². The largest absolute Gasteiger partial charge is 0.488 e. The predicted octanol–water partition coefficient (Wildman–Crippen LogP) is 3.06. The molecule has 5 rings (SSSR count). The lowest BCUT2D eigenvalue weighted by Crippen LogP contribution is -2.44. The van der Waals surface area contributed by atoms with E-state index in [4.69, 9.17) is 16.3 Å². The Balaban J connectivity index is 1.34. The molecule has 0 spiro atoms. The van der Waals surface area contributed by atoms with Gasteiger partial charge in [0.15, 0.2) is 5.75 Å². The monoisotopic (exact) mass is 510 g/mol. The van der Waals surface area contributed by atoms with Crippen molar-refractivity contribution in [3.05, 3.63) is 53.8 Å². The molecule has 10 heteroatoms. The summed E-state index contributed by atoms with van der Waals surface area (Å²) in [6, 6.07) is 11.6. The van der Waals surface area contributed by atoms with Crippen LogP contribution in [-0.4, -0.2) is 66.7 Å². The number of nitrogens with zero attached hydrogens (tertiary/aromatic N) is 4. The Labute approximate surface area is 212 Å². The number of carbonyl (C=O) groups is 1. The van der Waals surface area contributed by atoms with Gasteiger partial charge < -0.3 is 25.2 Å². The van der Waals surface area contributed by atoms with E-state index in [9.17, 15) is 4.79 Å². The fourth-order valence-electron chi connectivity index (χ4n) is 4.34.